The lowest BCUT2D eigenvalue weighted by Crippen LogP contribution is -2.27. The fourth-order valence-corrected chi connectivity index (χ4v) is 3.01. The van der Waals surface area contributed by atoms with E-state index in [0.717, 1.165) is 0 Å². The molecule has 0 saturated carbocycles. The van der Waals surface area contributed by atoms with Gasteiger partial charge in [0.15, 0.2) is 0 Å². The van der Waals surface area contributed by atoms with Gasteiger partial charge in [0, 0.05) is 29.7 Å². The Hall–Kier alpha value is -3.50. The first kappa shape index (κ1) is 21.2. The number of aromatic nitrogens is 2. The molecule has 1 aromatic heterocycles. The number of hydrogen-bond donors (Lipinski definition) is 2. The zero-order valence-corrected chi connectivity index (χ0v) is 17.0. The van der Waals surface area contributed by atoms with E-state index in [4.69, 9.17) is 16.9 Å². The summed E-state index contributed by atoms with van der Waals surface area (Å²) in [6, 6.07) is 12.8. The molecule has 0 aliphatic carbocycles. The average Bonchev–Trinajstić information content (AvgIpc) is 2.72. The molecular weight excluding hydrogens is 407 g/mol. The molecule has 3 aromatic rings. The first-order valence-corrected chi connectivity index (χ1v) is 9.54. The topological polar surface area (TPSA) is 98.6 Å². The van der Waals surface area contributed by atoms with E-state index >= 15 is 4.39 Å². The second-order valence-corrected chi connectivity index (χ2v) is 7.34. The second kappa shape index (κ2) is 8.89. The van der Waals surface area contributed by atoms with Gasteiger partial charge in [-0.1, -0.05) is 43.6 Å². The lowest BCUT2D eigenvalue weighted by Gasteiger charge is -2.13. The van der Waals surface area contributed by atoms with Crippen molar-refractivity contribution in [3.05, 3.63) is 74.8 Å². The van der Waals surface area contributed by atoms with Crippen LogP contribution in [0.5, 0.6) is 0 Å². The summed E-state index contributed by atoms with van der Waals surface area (Å²) in [5.74, 6) is -1.14. The minimum Gasteiger partial charge on any atom is -0.352 e. The molecule has 2 aromatic carbocycles. The van der Waals surface area contributed by atoms with Crippen LogP contribution in [0, 0.1) is 23.1 Å². The number of benzene rings is 2. The van der Waals surface area contributed by atoms with Gasteiger partial charge in [0.2, 0.25) is 5.91 Å². The summed E-state index contributed by atoms with van der Waals surface area (Å²) in [5.41, 5.74) is 1.06. The lowest BCUT2D eigenvalue weighted by molar-refractivity contribution is -0.124. The van der Waals surface area contributed by atoms with Crippen molar-refractivity contribution in [2.75, 3.05) is 0 Å². The minimum atomic E-state index is -0.674. The largest absolute Gasteiger partial charge is 0.352 e. The maximum atomic E-state index is 15.2. The Bertz CT molecular complexity index is 1200. The number of carbonyl (C=O) groups is 1. The molecule has 8 heteroatoms. The molecule has 0 aliphatic heterocycles. The predicted molar refractivity (Wildman–Crippen MR) is 112 cm³/mol. The Morgan fingerprint density at radius 2 is 1.97 bits per heavy atom. The van der Waals surface area contributed by atoms with Gasteiger partial charge in [-0.2, -0.15) is 5.26 Å². The SMILES string of the molecule is CC(C)C(=O)NCc1ccc(Cl)c(-c2nc(-c3ccc(C#N)cc3)cc(=O)[nH]2)c1F. The van der Waals surface area contributed by atoms with Crippen molar-refractivity contribution in [3.63, 3.8) is 0 Å². The highest BCUT2D eigenvalue weighted by atomic mass is 35.5. The smallest absolute Gasteiger partial charge is 0.251 e. The quantitative estimate of drug-likeness (QED) is 0.645. The van der Waals surface area contributed by atoms with Gasteiger partial charge in [0.05, 0.1) is 27.9 Å². The van der Waals surface area contributed by atoms with Crippen molar-refractivity contribution in [3.8, 4) is 28.7 Å². The highest BCUT2D eigenvalue weighted by Crippen LogP contribution is 2.31. The van der Waals surface area contributed by atoms with Gasteiger partial charge in [-0.15, -0.1) is 0 Å². The zero-order chi connectivity index (χ0) is 21.8. The van der Waals surface area contributed by atoms with Crippen LogP contribution in [0.15, 0.2) is 47.3 Å². The van der Waals surface area contributed by atoms with Gasteiger partial charge in [0.1, 0.15) is 11.6 Å². The normalized spacial score (nSPS) is 10.7. The van der Waals surface area contributed by atoms with Gasteiger partial charge >= 0.3 is 0 Å². The third kappa shape index (κ3) is 4.56. The third-order valence-corrected chi connectivity index (χ3v) is 4.75. The summed E-state index contributed by atoms with van der Waals surface area (Å²) in [6.45, 7) is 3.46. The van der Waals surface area contributed by atoms with Crippen molar-refractivity contribution in [1.29, 1.82) is 5.26 Å². The number of aromatic amines is 1. The molecule has 6 nitrogen and oxygen atoms in total. The van der Waals surface area contributed by atoms with Gasteiger partial charge in [0.25, 0.3) is 5.56 Å². The van der Waals surface area contributed by atoms with Gasteiger partial charge in [-0.25, -0.2) is 9.37 Å². The van der Waals surface area contributed by atoms with E-state index < -0.39 is 11.4 Å². The number of hydrogen-bond acceptors (Lipinski definition) is 4. The first-order chi connectivity index (χ1) is 14.3. The third-order valence-electron chi connectivity index (χ3n) is 4.44. The number of nitriles is 1. The van der Waals surface area contributed by atoms with Crippen LogP contribution in [-0.2, 0) is 11.3 Å². The van der Waals surface area contributed by atoms with Crippen molar-refractivity contribution >= 4 is 17.5 Å². The van der Waals surface area contributed by atoms with E-state index in [-0.39, 0.29) is 40.3 Å². The molecule has 0 saturated heterocycles. The van der Waals surface area contributed by atoms with Gasteiger partial charge in [-0.05, 0) is 18.2 Å². The van der Waals surface area contributed by atoms with Crippen LogP contribution in [-0.4, -0.2) is 15.9 Å². The molecule has 1 amide bonds. The van der Waals surface area contributed by atoms with Crippen LogP contribution in [0.2, 0.25) is 5.02 Å². The van der Waals surface area contributed by atoms with Crippen LogP contribution in [0.4, 0.5) is 4.39 Å². The Kier molecular flexibility index (Phi) is 6.28. The lowest BCUT2D eigenvalue weighted by atomic mass is 10.1. The summed E-state index contributed by atoms with van der Waals surface area (Å²) >= 11 is 6.21. The van der Waals surface area contributed by atoms with Gasteiger partial charge in [-0.3, -0.25) is 9.59 Å². The van der Waals surface area contributed by atoms with Crippen molar-refractivity contribution in [2.24, 2.45) is 5.92 Å². The maximum Gasteiger partial charge on any atom is 0.251 e. The van der Waals surface area contributed by atoms with Crippen LogP contribution < -0.4 is 10.9 Å². The fraction of sp³-hybridized carbons (Fsp3) is 0.182. The highest BCUT2D eigenvalue weighted by molar-refractivity contribution is 6.33. The summed E-state index contributed by atoms with van der Waals surface area (Å²) in [7, 11) is 0. The molecule has 0 aliphatic rings. The molecule has 0 fully saturated rings. The Morgan fingerprint density at radius 3 is 2.60 bits per heavy atom. The van der Waals surface area contributed by atoms with E-state index in [1.165, 1.54) is 18.2 Å². The number of amides is 1. The minimum absolute atomic E-state index is 0.0213. The maximum absolute atomic E-state index is 15.2. The molecule has 152 valence electrons. The molecule has 0 atom stereocenters. The zero-order valence-electron chi connectivity index (χ0n) is 16.3. The van der Waals surface area contributed by atoms with Crippen molar-refractivity contribution < 1.29 is 9.18 Å². The van der Waals surface area contributed by atoms with E-state index in [2.05, 4.69) is 15.3 Å². The Labute approximate surface area is 177 Å². The summed E-state index contributed by atoms with van der Waals surface area (Å²) in [5, 5.41) is 11.7. The predicted octanol–water partition coefficient (Wildman–Crippen LogP) is 4.04. The second-order valence-electron chi connectivity index (χ2n) is 6.94. The van der Waals surface area contributed by atoms with E-state index in [1.807, 2.05) is 6.07 Å². The first-order valence-electron chi connectivity index (χ1n) is 9.17. The van der Waals surface area contributed by atoms with Crippen LogP contribution >= 0.6 is 11.6 Å². The number of rotatable bonds is 5. The van der Waals surface area contributed by atoms with Crippen molar-refractivity contribution in [1.82, 2.24) is 15.3 Å². The molecule has 0 radical (unpaired) electrons. The molecule has 30 heavy (non-hydrogen) atoms. The van der Waals surface area contributed by atoms with Crippen LogP contribution in [0.1, 0.15) is 25.0 Å². The number of carbonyl (C=O) groups excluding carboxylic acids is 1. The van der Waals surface area contributed by atoms with Crippen LogP contribution in [0.25, 0.3) is 22.6 Å². The Morgan fingerprint density at radius 1 is 1.27 bits per heavy atom. The fourth-order valence-electron chi connectivity index (χ4n) is 2.78. The van der Waals surface area contributed by atoms with E-state index in [9.17, 15) is 9.59 Å². The summed E-state index contributed by atoms with van der Waals surface area (Å²) in [4.78, 5) is 30.9. The molecule has 0 spiro atoms. The molecule has 3 rings (SSSR count). The Balaban J connectivity index is 2.03. The summed E-state index contributed by atoms with van der Waals surface area (Å²) < 4.78 is 15.2. The average molecular weight is 425 g/mol. The standard InChI is InChI=1S/C22H18ClFN4O2/c1-12(2)22(30)26-11-15-7-8-16(23)19(20(15)24)21-27-17(9-18(29)28-21)14-5-3-13(10-25)4-6-14/h3-9,12H,11H2,1-2H3,(H,26,30)(H,27,28,29). The number of H-pyrrole nitrogens is 1. The monoisotopic (exact) mass is 424 g/mol. The van der Waals surface area contributed by atoms with E-state index in [0.29, 0.717) is 16.8 Å². The number of halogens is 2. The highest BCUT2D eigenvalue weighted by Gasteiger charge is 2.18. The number of nitrogens with one attached hydrogen (secondary N) is 2. The van der Waals surface area contributed by atoms with E-state index in [1.54, 1.807) is 38.1 Å². The molecular formula is C22H18ClFN4O2. The summed E-state index contributed by atoms with van der Waals surface area (Å²) in [6.07, 6.45) is 0. The molecule has 2 N–H and O–H groups in total. The van der Waals surface area contributed by atoms with Gasteiger partial charge < -0.3 is 10.3 Å². The molecule has 1 heterocycles. The molecule has 0 unspecified atom stereocenters. The number of nitrogens with zero attached hydrogens (tertiary/aromatic N) is 2. The van der Waals surface area contributed by atoms with Crippen molar-refractivity contribution in [2.45, 2.75) is 20.4 Å². The van der Waals surface area contributed by atoms with Crippen LogP contribution in [0.3, 0.4) is 0 Å². The molecule has 0 bridgehead atoms.